The van der Waals surface area contributed by atoms with Crippen LogP contribution in [0.2, 0.25) is 0 Å². The highest BCUT2D eigenvalue weighted by Gasteiger charge is 2.27. The molecule has 4 rings (SSSR count). The Morgan fingerprint density at radius 3 is 2.93 bits per heavy atom. The molecule has 0 saturated carbocycles. The molecule has 1 unspecified atom stereocenters. The van der Waals surface area contributed by atoms with Crippen LogP contribution in [-0.4, -0.2) is 16.9 Å². The molecule has 1 atom stereocenters. The van der Waals surface area contributed by atoms with E-state index in [1.54, 1.807) is 0 Å². The van der Waals surface area contributed by atoms with Crippen molar-refractivity contribution in [1.82, 2.24) is 5.27 Å². The van der Waals surface area contributed by atoms with Gasteiger partial charge in [0.2, 0.25) is 11.6 Å². The number of aromatic nitrogens is 2. The number of benzene rings is 1. The number of anilines is 1. The minimum Gasteiger partial charge on any atom is -0.316 e. The van der Waals surface area contributed by atoms with Crippen LogP contribution in [-0.2, 0) is 17.6 Å². The molecule has 1 aliphatic carbocycles. The maximum Gasteiger partial charge on any atom is 0.442 e. The lowest BCUT2D eigenvalue weighted by molar-refractivity contribution is -0.704. The van der Waals surface area contributed by atoms with E-state index in [9.17, 15) is 14.9 Å². The van der Waals surface area contributed by atoms with Crippen molar-refractivity contribution in [2.75, 3.05) is 11.1 Å². The molecule has 7 nitrogen and oxygen atoms in total. The smallest absolute Gasteiger partial charge is 0.316 e. The van der Waals surface area contributed by atoms with Gasteiger partial charge < -0.3 is 5.32 Å². The SMILES string of the molecule is Cc1ccc(-[n+]2[nH]oc(=O)c2SCC(=O)Nc2sc3c(c2C#N)CCC(C)C3)cc1. The number of nitrogens with zero attached hydrogens (tertiary/aromatic N) is 2. The van der Waals surface area contributed by atoms with Crippen LogP contribution in [0.5, 0.6) is 0 Å². The maximum atomic E-state index is 12.6. The van der Waals surface area contributed by atoms with Gasteiger partial charge in [-0.15, -0.1) is 11.3 Å². The van der Waals surface area contributed by atoms with E-state index in [-0.39, 0.29) is 16.7 Å². The van der Waals surface area contributed by atoms with Crippen LogP contribution < -0.4 is 15.6 Å². The van der Waals surface area contributed by atoms with Gasteiger partial charge >= 0.3 is 10.7 Å². The first-order valence-corrected chi connectivity index (χ1v) is 11.4. The Hall–Kier alpha value is -2.83. The van der Waals surface area contributed by atoms with E-state index in [2.05, 4.69) is 23.6 Å². The summed E-state index contributed by atoms with van der Waals surface area (Å²) in [6.07, 6.45) is 2.88. The third kappa shape index (κ3) is 4.06. The van der Waals surface area contributed by atoms with Gasteiger partial charge in [-0.25, -0.2) is 4.79 Å². The van der Waals surface area contributed by atoms with Gasteiger partial charge in [0, 0.05) is 17.0 Å². The Kier molecular flexibility index (Phi) is 5.79. The van der Waals surface area contributed by atoms with Crippen molar-refractivity contribution in [3.05, 3.63) is 56.3 Å². The molecule has 0 radical (unpaired) electrons. The molecule has 2 heterocycles. The summed E-state index contributed by atoms with van der Waals surface area (Å²) >= 11 is 2.58. The zero-order valence-corrected chi connectivity index (χ0v) is 18.3. The summed E-state index contributed by atoms with van der Waals surface area (Å²) in [5, 5.41) is 15.9. The molecule has 0 saturated heterocycles. The van der Waals surface area contributed by atoms with Gasteiger partial charge in [-0.2, -0.15) is 5.26 Å². The zero-order valence-electron chi connectivity index (χ0n) is 16.7. The third-order valence-electron chi connectivity index (χ3n) is 5.12. The number of thiophene rings is 1. The highest BCUT2D eigenvalue weighted by Crippen LogP contribution is 2.39. The number of thioether (sulfide) groups is 1. The molecule has 30 heavy (non-hydrogen) atoms. The van der Waals surface area contributed by atoms with E-state index >= 15 is 0 Å². The second kappa shape index (κ2) is 8.50. The van der Waals surface area contributed by atoms with Crippen LogP contribution >= 0.6 is 23.1 Å². The Bertz CT molecular complexity index is 1180. The number of H-pyrrole nitrogens is 1. The van der Waals surface area contributed by atoms with Gasteiger partial charge in [-0.3, -0.25) is 9.32 Å². The number of rotatable bonds is 5. The minimum absolute atomic E-state index is 0.0261. The maximum absolute atomic E-state index is 12.6. The summed E-state index contributed by atoms with van der Waals surface area (Å²) in [4.78, 5) is 25.9. The summed E-state index contributed by atoms with van der Waals surface area (Å²) in [5.74, 6) is 0.351. The molecule has 1 aliphatic rings. The molecule has 3 aromatic rings. The predicted molar refractivity (Wildman–Crippen MR) is 115 cm³/mol. The topological polar surface area (TPSA) is 103 Å². The van der Waals surface area contributed by atoms with Crippen molar-refractivity contribution >= 4 is 34.0 Å². The van der Waals surface area contributed by atoms with Crippen molar-refractivity contribution in [1.29, 1.82) is 5.26 Å². The van der Waals surface area contributed by atoms with E-state index < -0.39 is 5.63 Å². The molecule has 0 spiro atoms. The molecular formula is C21H21N4O3S2+. The molecule has 2 aromatic heterocycles. The molecular weight excluding hydrogens is 420 g/mol. The molecule has 154 valence electrons. The Morgan fingerprint density at radius 2 is 2.20 bits per heavy atom. The first kappa shape index (κ1) is 20.4. The highest BCUT2D eigenvalue weighted by atomic mass is 32.2. The zero-order chi connectivity index (χ0) is 21.3. The summed E-state index contributed by atoms with van der Waals surface area (Å²) in [6.45, 7) is 4.18. The van der Waals surface area contributed by atoms with Gasteiger partial charge in [0.25, 0.3) is 0 Å². The third-order valence-corrected chi connectivity index (χ3v) is 7.31. The second-order valence-electron chi connectivity index (χ2n) is 7.46. The van der Waals surface area contributed by atoms with Crippen LogP contribution in [0.4, 0.5) is 5.00 Å². The van der Waals surface area contributed by atoms with E-state index in [1.165, 1.54) is 20.9 Å². The number of nitrogens with one attached hydrogen (secondary N) is 2. The van der Waals surface area contributed by atoms with Crippen LogP contribution in [0.25, 0.3) is 5.69 Å². The lowest BCUT2D eigenvalue weighted by atomic mass is 9.89. The monoisotopic (exact) mass is 441 g/mol. The summed E-state index contributed by atoms with van der Waals surface area (Å²) < 4.78 is 6.44. The minimum atomic E-state index is -0.535. The van der Waals surface area contributed by atoms with Crippen molar-refractivity contribution in [3.63, 3.8) is 0 Å². The van der Waals surface area contributed by atoms with Crippen molar-refractivity contribution in [2.24, 2.45) is 5.92 Å². The number of aromatic amines is 1. The number of fused-ring (bicyclic) bond motifs is 1. The van der Waals surface area contributed by atoms with Crippen molar-refractivity contribution in [2.45, 2.75) is 38.1 Å². The Morgan fingerprint density at radius 1 is 1.43 bits per heavy atom. The quantitative estimate of drug-likeness (QED) is 0.467. The van der Waals surface area contributed by atoms with Gasteiger partial charge in [-0.1, -0.05) is 24.6 Å². The largest absolute Gasteiger partial charge is 0.442 e. The molecule has 2 N–H and O–H groups in total. The van der Waals surface area contributed by atoms with Crippen molar-refractivity contribution < 1.29 is 14.0 Å². The Balaban J connectivity index is 1.48. The number of amides is 1. The number of hydrogen-bond acceptors (Lipinski definition) is 6. The number of aryl methyl sites for hydroxylation is 1. The molecule has 9 heteroatoms. The lowest BCUT2D eigenvalue weighted by Gasteiger charge is -2.17. The number of nitriles is 1. The molecule has 1 aromatic carbocycles. The van der Waals surface area contributed by atoms with E-state index in [4.69, 9.17) is 4.52 Å². The van der Waals surface area contributed by atoms with Crippen LogP contribution in [0.1, 0.15) is 34.9 Å². The van der Waals surface area contributed by atoms with Gasteiger partial charge in [-0.05, 0) is 59.4 Å². The van der Waals surface area contributed by atoms with Gasteiger partial charge in [0.1, 0.15) is 11.1 Å². The average molecular weight is 442 g/mol. The van der Waals surface area contributed by atoms with E-state index in [1.807, 2.05) is 31.2 Å². The molecule has 0 fully saturated rings. The number of carbonyl (C=O) groups excluding carboxylic acids is 1. The van der Waals surface area contributed by atoms with E-state index in [0.717, 1.165) is 47.8 Å². The van der Waals surface area contributed by atoms with Gasteiger partial charge in [0.05, 0.1) is 11.3 Å². The Labute approximate surface area is 181 Å². The fourth-order valence-electron chi connectivity index (χ4n) is 3.50. The van der Waals surface area contributed by atoms with Gasteiger partial charge in [0.15, 0.2) is 0 Å². The number of carbonyl (C=O) groups is 1. The summed E-state index contributed by atoms with van der Waals surface area (Å²) in [6, 6.07) is 9.83. The number of hydrogen-bond donors (Lipinski definition) is 2. The van der Waals surface area contributed by atoms with Crippen molar-refractivity contribution in [3.8, 4) is 11.8 Å². The van der Waals surface area contributed by atoms with E-state index in [0.29, 0.717) is 16.5 Å². The average Bonchev–Trinajstić information content (AvgIpc) is 3.25. The fourth-order valence-corrected chi connectivity index (χ4v) is 5.65. The first-order chi connectivity index (χ1) is 14.5. The standard InChI is InChI=1S/C21H20N4O3S2/c1-12-3-6-14(7-4-12)25-20(21(27)28-24-25)29-11-18(26)23-19-16(10-22)15-8-5-13(2)9-17(15)30-19/h3-4,6-7,13H,5,8-9,11H2,1-2H3,(H-,23,24,26,27)/p+1. The lowest BCUT2D eigenvalue weighted by Crippen LogP contribution is -2.36. The van der Waals surface area contributed by atoms with Crippen LogP contribution in [0.3, 0.4) is 0 Å². The van der Waals surface area contributed by atoms with Crippen LogP contribution in [0, 0.1) is 24.2 Å². The molecule has 1 amide bonds. The van der Waals surface area contributed by atoms with Crippen LogP contribution in [0.15, 0.2) is 38.6 Å². The summed E-state index contributed by atoms with van der Waals surface area (Å²) in [5.41, 5.74) is 2.95. The molecule has 0 aliphatic heterocycles. The second-order valence-corrected chi connectivity index (χ2v) is 9.53. The first-order valence-electron chi connectivity index (χ1n) is 9.64. The predicted octanol–water partition coefficient (Wildman–Crippen LogP) is 3.34. The highest BCUT2D eigenvalue weighted by molar-refractivity contribution is 7.99. The molecule has 0 bridgehead atoms. The normalized spacial score (nSPS) is 15.4. The summed E-state index contributed by atoms with van der Waals surface area (Å²) in [7, 11) is 0. The fraction of sp³-hybridized carbons (Fsp3) is 0.333.